The van der Waals surface area contributed by atoms with E-state index < -0.39 is 0 Å². The molecule has 1 aliphatic rings. The summed E-state index contributed by atoms with van der Waals surface area (Å²) in [5.74, 6) is 1.35. The van der Waals surface area contributed by atoms with Gasteiger partial charge in [-0.25, -0.2) is 30.7 Å². The Balaban J connectivity index is 0.00000161. The molecule has 0 heterocycles. The summed E-state index contributed by atoms with van der Waals surface area (Å²) < 4.78 is 1.11. The fraction of sp³-hybridized carbons (Fsp3) is 0.111. The van der Waals surface area contributed by atoms with Gasteiger partial charge in [-0.3, -0.25) is 0 Å². The molecule has 0 spiro atoms. The van der Waals surface area contributed by atoms with Gasteiger partial charge < -0.3 is 4.90 Å². The van der Waals surface area contributed by atoms with Crippen molar-refractivity contribution in [3.63, 3.8) is 0 Å². The maximum Gasteiger partial charge on any atom is 2.00 e. The van der Waals surface area contributed by atoms with Gasteiger partial charge in [0.05, 0.1) is 0 Å². The summed E-state index contributed by atoms with van der Waals surface area (Å²) in [4.78, 5) is 2.40. The number of allylic oxidation sites excluding steroid dienone is 2. The van der Waals surface area contributed by atoms with Gasteiger partial charge in [0, 0.05) is 23.2 Å². The Morgan fingerprint density at radius 3 is 2.48 bits per heavy atom. The van der Waals surface area contributed by atoms with E-state index in [1.807, 2.05) is 0 Å². The first-order valence-corrected chi connectivity index (χ1v) is 7.52. The van der Waals surface area contributed by atoms with Crippen LogP contribution in [0.5, 0.6) is 0 Å². The van der Waals surface area contributed by atoms with Crippen molar-refractivity contribution in [1.82, 2.24) is 0 Å². The van der Waals surface area contributed by atoms with E-state index in [2.05, 4.69) is 94.4 Å². The third-order valence-electron chi connectivity index (χ3n) is 3.40. The van der Waals surface area contributed by atoms with E-state index in [-0.39, 0.29) is 17.1 Å². The van der Waals surface area contributed by atoms with Gasteiger partial charge in [-0.05, 0) is 24.3 Å². The second kappa shape index (κ2) is 7.84. The van der Waals surface area contributed by atoms with E-state index in [0.717, 1.165) is 17.6 Å². The first-order valence-electron chi connectivity index (χ1n) is 6.73. The average Bonchev–Trinajstić information content (AvgIpc) is 3.12. The molecule has 21 heavy (non-hydrogen) atoms. The second-order valence-electron chi connectivity index (χ2n) is 4.92. The Kier molecular flexibility index (Phi) is 6.10. The van der Waals surface area contributed by atoms with Gasteiger partial charge in [0.25, 0.3) is 0 Å². The van der Waals surface area contributed by atoms with Gasteiger partial charge in [0.15, 0.2) is 0 Å². The summed E-state index contributed by atoms with van der Waals surface area (Å²) in [5, 5.41) is 0. The first-order chi connectivity index (χ1) is 9.81. The summed E-state index contributed by atoms with van der Waals surface area (Å²) in [5.41, 5.74) is 2.59. The molecule has 2 aromatic rings. The summed E-state index contributed by atoms with van der Waals surface area (Å²) in [7, 11) is 0. The number of nitrogens with zero attached hydrogens (tertiary/aromatic N) is 1. The molecule has 108 valence electrons. The predicted octanol–water partition coefficient (Wildman–Crippen LogP) is 4.72. The summed E-state index contributed by atoms with van der Waals surface area (Å²) >= 11 is 3.50. The summed E-state index contributed by atoms with van der Waals surface area (Å²) in [6.45, 7) is 1.86. The molecular formula is C18H16BrFeN. The van der Waals surface area contributed by atoms with Crippen LogP contribution in [-0.4, -0.2) is 6.54 Å². The van der Waals surface area contributed by atoms with E-state index in [1.165, 1.54) is 17.2 Å². The van der Waals surface area contributed by atoms with Crippen molar-refractivity contribution < 1.29 is 17.1 Å². The standard InChI is InChI=1S/C18H16BrN.Fe/c19-17-9-11-18(12-10-17)20(13-15-5-1-2-6-15)14-16-7-3-4-8-16;/h1-12H,13-14H2;/q-2;+2. The second-order valence-corrected chi connectivity index (χ2v) is 5.83. The Bertz CT molecular complexity index is 551. The largest absolute Gasteiger partial charge is 2.00 e. The molecule has 2 aromatic carbocycles. The Morgan fingerprint density at radius 1 is 1.05 bits per heavy atom. The van der Waals surface area contributed by atoms with Crippen LogP contribution in [-0.2, 0) is 23.6 Å². The Morgan fingerprint density at radius 2 is 1.86 bits per heavy atom. The fourth-order valence-corrected chi connectivity index (χ4v) is 2.63. The van der Waals surface area contributed by atoms with E-state index in [4.69, 9.17) is 0 Å². The molecule has 0 saturated carbocycles. The number of rotatable bonds is 5. The van der Waals surface area contributed by atoms with E-state index in [1.54, 1.807) is 0 Å². The van der Waals surface area contributed by atoms with Gasteiger partial charge in [-0.15, -0.1) is 12.0 Å². The van der Waals surface area contributed by atoms with Crippen LogP contribution in [0.25, 0.3) is 0 Å². The molecule has 3 heteroatoms. The van der Waals surface area contributed by atoms with Crippen LogP contribution in [0.2, 0.25) is 0 Å². The van der Waals surface area contributed by atoms with Crippen molar-refractivity contribution in [3.8, 4) is 0 Å². The van der Waals surface area contributed by atoms with Gasteiger partial charge in [0.1, 0.15) is 0 Å². The molecule has 0 fully saturated rings. The molecule has 0 amide bonds. The zero-order valence-electron chi connectivity index (χ0n) is 11.5. The monoisotopic (exact) mass is 381 g/mol. The molecule has 0 atom stereocenters. The van der Waals surface area contributed by atoms with Crippen LogP contribution >= 0.6 is 15.9 Å². The van der Waals surface area contributed by atoms with E-state index in [9.17, 15) is 0 Å². The van der Waals surface area contributed by atoms with Crippen molar-refractivity contribution in [2.75, 3.05) is 11.4 Å². The Labute approximate surface area is 146 Å². The van der Waals surface area contributed by atoms with Crippen LogP contribution in [0.3, 0.4) is 0 Å². The maximum atomic E-state index is 3.50. The van der Waals surface area contributed by atoms with Crippen LogP contribution in [0.1, 0.15) is 5.56 Å². The minimum absolute atomic E-state index is 0. The normalized spacial score (nSPS) is 13.8. The topological polar surface area (TPSA) is 3.24 Å². The van der Waals surface area contributed by atoms with Crippen molar-refractivity contribution in [2.45, 2.75) is 6.54 Å². The van der Waals surface area contributed by atoms with E-state index in [0.29, 0.717) is 0 Å². The molecule has 0 saturated heterocycles. The zero-order chi connectivity index (χ0) is 13.8. The van der Waals surface area contributed by atoms with Gasteiger partial charge in [0.2, 0.25) is 0 Å². The molecule has 1 aliphatic carbocycles. The number of anilines is 1. The third-order valence-corrected chi connectivity index (χ3v) is 3.93. The summed E-state index contributed by atoms with van der Waals surface area (Å²) in [6.07, 6.45) is 8.54. The number of benzene rings is 1. The molecule has 0 unspecified atom stereocenters. The van der Waals surface area contributed by atoms with Crippen LogP contribution < -0.4 is 4.90 Å². The van der Waals surface area contributed by atoms with Crippen molar-refractivity contribution >= 4 is 21.6 Å². The molecule has 0 bridgehead atoms. The van der Waals surface area contributed by atoms with E-state index >= 15 is 0 Å². The van der Waals surface area contributed by atoms with Crippen LogP contribution in [0.15, 0.2) is 65.2 Å². The third kappa shape index (κ3) is 4.47. The molecular weight excluding hydrogens is 366 g/mol. The fourth-order valence-electron chi connectivity index (χ4n) is 2.37. The number of hydrogen-bond acceptors (Lipinski definition) is 1. The minimum Gasteiger partial charge on any atom is -0.370 e. The summed E-state index contributed by atoms with van der Waals surface area (Å²) in [6, 6.07) is 17.1. The number of hydrogen-bond donors (Lipinski definition) is 0. The quantitative estimate of drug-likeness (QED) is 0.534. The van der Waals surface area contributed by atoms with Gasteiger partial charge >= 0.3 is 17.1 Å². The van der Waals surface area contributed by atoms with Crippen LogP contribution in [0.4, 0.5) is 5.69 Å². The average molecular weight is 382 g/mol. The smallest absolute Gasteiger partial charge is 0.370 e. The molecule has 3 rings (SSSR count). The van der Waals surface area contributed by atoms with Gasteiger partial charge in [-0.2, -0.15) is 12.1 Å². The predicted molar refractivity (Wildman–Crippen MR) is 88.2 cm³/mol. The van der Waals surface area contributed by atoms with Gasteiger partial charge in [-0.1, -0.05) is 21.8 Å². The molecule has 2 radical (unpaired) electrons. The molecule has 0 aliphatic heterocycles. The SMILES string of the molecule is Brc1ccc(N(C[C]2[CH]C=C[CH-]2)Cc2ccc[cH-]2)cc1.[Fe+2]. The van der Waals surface area contributed by atoms with Crippen molar-refractivity contribution in [1.29, 1.82) is 0 Å². The van der Waals surface area contributed by atoms with Crippen molar-refractivity contribution in [2.24, 2.45) is 0 Å². The zero-order valence-corrected chi connectivity index (χ0v) is 14.2. The molecule has 0 N–H and O–H groups in total. The molecule has 0 aromatic heterocycles. The minimum atomic E-state index is 0. The number of halogens is 1. The first kappa shape index (κ1) is 16.4. The maximum absolute atomic E-state index is 3.50. The van der Waals surface area contributed by atoms with Crippen molar-refractivity contribution in [3.05, 3.63) is 89.5 Å². The molecule has 1 nitrogen and oxygen atoms in total. The Hall–Kier alpha value is -1.02. The van der Waals surface area contributed by atoms with Crippen LogP contribution in [0, 0.1) is 18.8 Å².